The minimum Gasteiger partial charge on any atom is -0.207 e. The number of nitriles is 1. The highest BCUT2D eigenvalue weighted by Gasteiger charge is 2.37. The highest BCUT2D eigenvalue weighted by Crippen LogP contribution is 2.33. The molecule has 1 aromatic rings. The molecule has 0 aromatic heterocycles. The van der Waals surface area contributed by atoms with E-state index in [1.165, 1.54) is 4.31 Å². The molecule has 0 unspecified atom stereocenters. The number of hydrogen-bond donors (Lipinski definition) is 0. The van der Waals surface area contributed by atoms with Gasteiger partial charge >= 0.3 is 0 Å². The van der Waals surface area contributed by atoms with Crippen LogP contribution in [0.4, 0.5) is 0 Å². The number of halogens is 1. The van der Waals surface area contributed by atoms with Gasteiger partial charge in [0.25, 0.3) is 0 Å². The van der Waals surface area contributed by atoms with Gasteiger partial charge in [-0.05, 0) is 43.5 Å². The number of hydrogen-bond acceptors (Lipinski definition) is 3. The summed E-state index contributed by atoms with van der Waals surface area (Å²) in [7, 11) is -3.49. The number of benzene rings is 1. The zero-order valence-corrected chi connectivity index (χ0v) is 13.0. The summed E-state index contributed by atoms with van der Waals surface area (Å²) >= 11 is 3.36. The third-order valence-corrected chi connectivity index (χ3v) is 5.97. The third kappa shape index (κ3) is 3.16. The molecule has 0 radical (unpaired) electrons. The number of rotatable bonds is 5. The minimum atomic E-state index is -3.49. The van der Waals surface area contributed by atoms with E-state index in [0.29, 0.717) is 4.90 Å². The Labute approximate surface area is 122 Å². The second-order valence-corrected chi connectivity index (χ2v) is 7.41. The smallest absolute Gasteiger partial charge is 0.207 e. The maximum Gasteiger partial charge on any atom is 0.243 e. The first-order valence-corrected chi connectivity index (χ1v) is 8.35. The topological polar surface area (TPSA) is 61.2 Å². The lowest BCUT2D eigenvalue weighted by Gasteiger charge is -2.21. The number of sulfonamides is 1. The molecule has 102 valence electrons. The summed E-state index contributed by atoms with van der Waals surface area (Å²) < 4.78 is 27.5. The summed E-state index contributed by atoms with van der Waals surface area (Å²) in [5.41, 5.74) is 0.886. The fraction of sp³-hybridized carbons (Fsp3) is 0.462. The molecule has 0 N–H and O–H groups in total. The Bertz CT molecular complexity index is 618. The Balaban J connectivity index is 2.33. The van der Waals surface area contributed by atoms with E-state index < -0.39 is 10.0 Å². The number of nitrogens with zero attached hydrogens (tertiary/aromatic N) is 2. The van der Waals surface area contributed by atoms with Crippen molar-refractivity contribution in [3.05, 3.63) is 28.2 Å². The summed E-state index contributed by atoms with van der Waals surface area (Å²) in [4.78, 5) is 0.304. The molecule has 0 heterocycles. The van der Waals surface area contributed by atoms with Crippen LogP contribution in [-0.2, 0) is 10.0 Å². The SMILES string of the molecule is Cc1cc(S(=O)(=O)N(CCC#N)C2CC2)ccc1Br. The highest BCUT2D eigenvalue weighted by molar-refractivity contribution is 9.10. The first-order chi connectivity index (χ1) is 8.96. The monoisotopic (exact) mass is 342 g/mol. The molecular weight excluding hydrogens is 328 g/mol. The van der Waals surface area contributed by atoms with Gasteiger partial charge in [-0.3, -0.25) is 0 Å². The fourth-order valence-corrected chi connectivity index (χ4v) is 3.95. The van der Waals surface area contributed by atoms with E-state index in [1.807, 2.05) is 13.0 Å². The van der Waals surface area contributed by atoms with E-state index in [1.54, 1.807) is 18.2 Å². The van der Waals surface area contributed by atoms with E-state index in [2.05, 4.69) is 15.9 Å². The van der Waals surface area contributed by atoms with Crippen LogP contribution in [0, 0.1) is 18.3 Å². The van der Waals surface area contributed by atoms with Gasteiger partial charge in [0.2, 0.25) is 10.0 Å². The second-order valence-electron chi connectivity index (χ2n) is 4.67. The molecule has 0 spiro atoms. The molecule has 0 amide bonds. The lowest BCUT2D eigenvalue weighted by Crippen LogP contribution is -2.34. The summed E-state index contributed by atoms with van der Waals surface area (Å²) in [5.74, 6) is 0. The predicted octanol–water partition coefficient (Wildman–Crippen LogP) is 2.82. The zero-order chi connectivity index (χ0) is 14.0. The van der Waals surface area contributed by atoms with E-state index >= 15 is 0 Å². The van der Waals surface area contributed by atoms with Gasteiger partial charge in [0, 0.05) is 23.5 Å². The molecule has 1 fully saturated rings. The van der Waals surface area contributed by atoms with Crippen LogP contribution in [0.1, 0.15) is 24.8 Å². The van der Waals surface area contributed by atoms with Crippen molar-refractivity contribution in [2.75, 3.05) is 6.54 Å². The first kappa shape index (κ1) is 14.5. The van der Waals surface area contributed by atoms with Crippen LogP contribution in [0.25, 0.3) is 0 Å². The first-order valence-electron chi connectivity index (χ1n) is 6.12. The van der Waals surface area contributed by atoms with E-state index in [4.69, 9.17) is 5.26 Å². The van der Waals surface area contributed by atoms with Crippen LogP contribution in [0.2, 0.25) is 0 Å². The van der Waals surface area contributed by atoms with E-state index in [-0.39, 0.29) is 19.0 Å². The van der Waals surface area contributed by atoms with Crippen LogP contribution in [-0.4, -0.2) is 25.3 Å². The van der Waals surface area contributed by atoms with Crippen LogP contribution >= 0.6 is 15.9 Å². The molecule has 1 aliphatic carbocycles. The van der Waals surface area contributed by atoms with Crippen molar-refractivity contribution in [1.29, 1.82) is 5.26 Å². The van der Waals surface area contributed by atoms with Gasteiger partial charge < -0.3 is 0 Å². The second kappa shape index (κ2) is 5.61. The van der Waals surface area contributed by atoms with Gasteiger partial charge in [0.15, 0.2) is 0 Å². The Morgan fingerprint density at radius 3 is 2.68 bits per heavy atom. The van der Waals surface area contributed by atoms with Gasteiger partial charge in [-0.25, -0.2) is 8.42 Å². The predicted molar refractivity (Wildman–Crippen MR) is 76.0 cm³/mol. The molecule has 6 heteroatoms. The van der Waals surface area contributed by atoms with Crippen molar-refractivity contribution in [2.24, 2.45) is 0 Å². The molecule has 0 saturated heterocycles. The standard InChI is InChI=1S/C13H15BrN2O2S/c1-10-9-12(5-6-13(10)14)19(17,18)16(8-2-7-15)11-3-4-11/h5-6,9,11H,2-4,8H2,1H3. The molecule has 0 bridgehead atoms. The Morgan fingerprint density at radius 2 is 2.16 bits per heavy atom. The van der Waals surface area contributed by atoms with Gasteiger partial charge in [0.1, 0.15) is 0 Å². The van der Waals surface area contributed by atoms with Gasteiger partial charge in [-0.15, -0.1) is 0 Å². The maximum atomic E-state index is 12.6. The minimum absolute atomic E-state index is 0.0716. The summed E-state index contributed by atoms with van der Waals surface area (Å²) in [5, 5.41) is 8.66. The van der Waals surface area contributed by atoms with Crippen LogP contribution in [0.15, 0.2) is 27.6 Å². The summed E-state index contributed by atoms with van der Waals surface area (Å²) in [6.07, 6.45) is 2.01. The summed E-state index contributed by atoms with van der Waals surface area (Å²) in [6.45, 7) is 2.14. The van der Waals surface area contributed by atoms with Crippen molar-refractivity contribution in [3.8, 4) is 6.07 Å². The highest BCUT2D eigenvalue weighted by atomic mass is 79.9. The molecule has 1 aromatic carbocycles. The van der Waals surface area contributed by atoms with Gasteiger partial charge in [0.05, 0.1) is 11.0 Å². The molecule has 0 atom stereocenters. The third-order valence-electron chi connectivity index (χ3n) is 3.13. The fourth-order valence-electron chi connectivity index (χ4n) is 1.93. The largest absolute Gasteiger partial charge is 0.243 e. The van der Waals surface area contributed by atoms with Crippen molar-refractivity contribution in [2.45, 2.75) is 37.1 Å². The van der Waals surface area contributed by atoms with Crippen LogP contribution < -0.4 is 0 Å². The van der Waals surface area contributed by atoms with Crippen molar-refractivity contribution >= 4 is 26.0 Å². The molecule has 2 rings (SSSR count). The zero-order valence-electron chi connectivity index (χ0n) is 10.6. The molecule has 1 saturated carbocycles. The lowest BCUT2D eigenvalue weighted by molar-refractivity contribution is 0.411. The van der Waals surface area contributed by atoms with Gasteiger partial charge in [-0.2, -0.15) is 9.57 Å². The molecule has 0 aliphatic heterocycles. The Kier molecular flexibility index (Phi) is 4.29. The van der Waals surface area contributed by atoms with Gasteiger partial charge in [-0.1, -0.05) is 15.9 Å². The van der Waals surface area contributed by atoms with E-state index in [9.17, 15) is 8.42 Å². The molecule has 4 nitrogen and oxygen atoms in total. The Morgan fingerprint density at radius 1 is 1.47 bits per heavy atom. The van der Waals surface area contributed by atoms with Crippen molar-refractivity contribution in [3.63, 3.8) is 0 Å². The lowest BCUT2D eigenvalue weighted by atomic mass is 10.2. The maximum absolute atomic E-state index is 12.6. The number of aryl methyl sites for hydroxylation is 1. The van der Waals surface area contributed by atoms with Crippen LogP contribution in [0.3, 0.4) is 0 Å². The molecular formula is C13H15BrN2O2S. The quantitative estimate of drug-likeness (QED) is 0.826. The normalized spacial score (nSPS) is 15.5. The average Bonchev–Trinajstić information content (AvgIpc) is 3.17. The Hall–Kier alpha value is -0.900. The van der Waals surface area contributed by atoms with Crippen molar-refractivity contribution in [1.82, 2.24) is 4.31 Å². The van der Waals surface area contributed by atoms with E-state index in [0.717, 1.165) is 22.9 Å². The van der Waals surface area contributed by atoms with Crippen LogP contribution in [0.5, 0.6) is 0 Å². The van der Waals surface area contributed by atoms with Crippen molar-refractivity contribution < 1.29 is 8.42 Å². The molecule has 19 heavy (non-hydrogen) atoms. The average molecular weight is 343 g/mol. The summed E-state index contributed by atoms with van der Waals surface area (Å²) in [6, 6.07) is 7.10. The molecule has 1 aliphatic rings.